The van der Waals surface area contributed by atoms with Crippen LogP contribution in [0.25, 0.3) is 0 Å². The number of halogens is 2. The lowest BCUT2D eigenvalue weighted by atomic mass is 10.1. The van der Waals surface area contributed by atoms with Gasteiger partial charge in [-0.2, -0.15) is 0 Å². The van der Waals surface area contributed by atoms with Crippen LogP contribution in [-0.4, -0.2) is 18.5 Å². The van der Waals surface area contributed by atoms with Crippen LogP contribution in [-0.2, 0) is 4.74 Å². The van der Waals surface area contributed by atoms with Crippen molar-refractivity contribution in [2.24, 2.45) is 0 Å². The molecule has 16 heavy (non-hydrogen) atoms. The molecule has 0 saturated carbocycles. The number of esters is 1. The summed E-state index contributed by atoms with van der Waals surface area (Å²) in [6.07, 6.45) is 0. The van der Waals surface area contributed by atoms with Crippen LogP contribution in [0.15, 0.2) is 18.2 Å². The molecule has 0 aliphatic heterocycles. The van der Waals surface area contributed by atoms with Crippen molar-refractivity contribution < 1.29 is 13.9 Å². The van der Waals surface area contributed by atoms with E-state index in [1.165, 1.54) is 18.2 Å². The van der Waals surface area contributed by atoms with Crippen molar-refractivity contribution in [3.05, 3.63) is 35.1 Å². The van der Waals surface area contributed by atoms with E-state index in [1.807, 2.05) is 0 Å². The number of hydrogen-bond donors (Lipinski definition) is 0. The van der Waals surface area contributed by atoms with Gasteiger partial charge in [0.2, 0.25) is 0 Å². The van der Waals surface area contributed by atoms with Gasteiger partial charge in [-0.25, -0.2) is 9.18 Å². The average Bonchev–Trinajstić information content (AvgIpc) is 2.28. The summed E-state index contributed by atoms with van der Waals surface area (Å²) >= 11 is 5.40. The number of carbonyl (C=O) groups excluding carboxylic acids is 1. The molecule has 0 aliphatic carbocycles. The van der Waals surface area contributed by atoms with Gasteiger partial charge >= 0.3 is 5.97 Å². The maximum atomic E-state index is 13.3. The molecule has 0 aliphatic rings. The van der Waals surface area contributed by atoms with Crippen molar-refractivity contribution in [1.29, 1.82) is 0 Å². The first-order valence-electron chi connectivity index (χ1n) is 4.70. The van der Waals surface area contributed by atoms with Gasteiger partial charge in [0.15, 0.2) is 0 Å². The Hall–Kier alpha value is -1.53. The number of ether oxygens (including phenoxy) is 1. The van der Waals surface area contributed by atoms with Gasteiger partial charge in [-0.15, -0.1) is 11.6 Å². The van der Waals surface area contributed by atoms with Crippen molar-refractivity contribution in [3.8, 4) is 11.8 Å². The number of alkyl halides is 1. The molecule has 0 atom stereocenters. The molecule has 0 heterocycles. The molecule has 0 radical (unpaired) electrons. The number of carbonyl (C=O) groups is 1. The Labute approximate surface area is 98.4 Å². The van der Waals surface area contributed by atoms with Crippen molar-refractivity contribution in [2.45, 2.75) is 6.92 Å². The minimum atomic E-state index is -0.686. The van der Waals surface area contributed by atoms with Crippen molar-refractivity contribution >= 4 is 17.6 Å². The molecule has 0 saturated heterocycles. The highest BCUT2D eigenvalue weighted by atomic mass is 35.5. The monoisotopic (exact) mass is 240 g/mol. The highest BCUT2D eigenvalue weighted by Gasteiger charge is 2.12. The van der Waals surface area contributed by atoms with E-state index in [9.17, 15) is 9.18 Å². The topological polar surface area (TPSA) is 26.3 Å². The summed E-state index contributed by atoms with van der Waals surface area (Å²) in [5.41, 5.74) is 0.424. The van der Waals surface area contributed by atoms with Gasteiger partial charge in [0.1, 0.15) is 5.82 Å². The highest BCUT2D eigenvalue weighted by molar-refractivity contribution is 6.19. The Kier molecular flexibility index (Phi) is 4.81. The van der Waals surface area contributed by atoms with Crippen LogP contribution < -0.4 is 0 Å². The molecule has 0 bridgehead atoms. The molecule has 84 valence electrons. The fourth-order valence-corrected chi connectivity index (χ4v) is 1.17. The van der Waals surface area contributed by atoms with E-state index >= 15 is 0 Å². The molecule has 0 amide bonds. The summed E-state index contributed by atoms with van der Waals surface area (Å²) in [6, 6.07) is 4.02. The summed E-state index contributed by atoms with van der Waals surface area (Å²) in [4.78, 5) is 11.4. The second kappa shape index (κ2) is 6.14. The molecule has 0 aromatic heterocycles. The second-order valence-electron chi connectivity index (χ2n) is 2.85. The van der Waals surface area contributed by atoms with Crippen molar-refractivity contribution in [2.75, 3.05) is 12.5 Å². The van der Waals surface area contributed by atoms with Gasteiger partial charge in [0.05, 0.1) is 18.1 Å². The van der Waals surface area contributed by atoms with Gasteiger partial charge < -0.3 is 4.74 Å². The predicted octanol–water partition coefficient (Wildman–Crippen LogP) is 2.59. The Balaban J connectivity index is 3.03. The van der Waals surface area contributed by atoms with E-state index in [-0.39, 0.29) is 18.1 Å². The van der Waals surface area contributed by atoms with E-state index in [0.29, 0.717) is 5.56 Å². The molecule has 0 spiro atoms. The highest BCUT2D eigenvalue weighted by Crippen LogP contribution is 2.11. The molecule has 2 nitrogen and oxygen atoms in total. The van der Waals surface area contributed by atoms with Gasteiger partial charge in [-0.05, 0) is 25.1 Å². The van der Waals surface area contributed by atoms with E-state index < -0.39 is 11.8 Å². The van der Waals surface area contributed by atoms with Gasteiger partial charge in [0, 0.05) is 5.56 Å². The van der Waals surface area contributed by atoms with Crippen molar-refractivity contribution in [3.63, 3.8) is 0 Å². The lowest BCUT2D eigenvalue weighted by Crippen LogP contribution is -2.07. The standard InChI is InChI=1S/C12H10ClFO2/c1-2-16-12(15)10-8-9(4-3-7-13)5-6-11(10)14/h5-6,8H,2,7H2,1H3. The van der Waals surface area contributed by atoms with Crippen LogP contribution in [0.3, 0.4) is 0 Å². The van der Waals surface area contributed by atoms with Gasteiger partial charge in [-0.3, -0.25) is 0 Å². The maximum Gasteiger partial charge on any atom is 0.341 e. The van der Waals surface area contributed by atoms with Crippen molar-refractivity contribution in [1.82, 2.24) is 0 Å². The molecule has 0 N–H and O–H groups in total. The first-order chi connectivity index (χ1) is 7.69. The molecule has 4 heteroatoms. The SMILES string of the molecule is CCOC(=O)c1cc(C#CCCl)ccc1F. The third-order valence-corrected chi connectivity index (χ3v) is 1.89. The fraction of sp³-hybridized carbons (Fsp3) is 0.250. The quantitative estimate of drug-likeness (QED) is 0.451. The zero-order chi connectivity index (χ0) is 12.0. The smallest absolute Gasteiger partial charge is 0.341 e. The van der Waals surface area contributed by atoms with Gasteiger partial charge in [0.25, 0.3) is 0 Å². The Morgan fingerprint density at radius 2 is 2.31 bits per heavy atom. The average molecular weight is 241 g/mol. The largest absolute Gasteiger partial charge is 0.462 e. The Morgan fingerprint density at radius 1 is 1.56 bits per heavy atom. The normalized spacial score (nSPS) is 9.19. The Bertz CT molecular complexity index is 446. The fourth-order valence-electron chi connectivity index (χ4n) is 1.10. The van der Waals surface area contributed by atoms with Crippen LogP contribution in [0.5, 0.6) is 0 Å². The first kappa shape index (κ1) is 12.5. The van der Waals surface area contributed by atoms with E-state index in [4.69, 9.17) is 16.3 Å². The van der Waals surface area contributed by atoms with Crippen LogP contribution in [0.4, 0.5) is 4.39 Å². The molecule has 1 aromatic carbocycles. The zero-order valence-corrected chi connectivity index (χ0v) is 9.47. The predicted molar refractivity (Wildman–Crippen MR) is 60.0 cm³/mol. The molecule has 0 unspecified atom stereocenters. The lowest BCUT2D eigenvalue weighted by molar-refractivity contribution is 0.0521. The van der Waals surface area contributed by atoms with Crippen LogP contribution in [0, 0.1) is 17.7 Å². The van der Waals surface area contributed by atoms with E-state index in [2.05, 4.69) is 11.8 Å². The Morgan fingerprint density at radius 3 is 2.94 bits per heavy atom. The summed E-state index contributed by atoms with van der Waals surface area (Å²) in [5, 5.41) is 0. The summed E-state index contributed by atoms with van der Waals surface area (Å²) < 4.78 is 18.0. The van der Waals surface area contributed by atoms with E-state index in [1.54, 1.807) is 6.92 Å². The number of rotatable bonds is 2. The number of hydrogen-bond acceptors (Lipinski definition) is 2. The minimum Gasteiger partial charge on any atom is -0.462 e. The summed E-state index contributed by atoms with van der Waals surface area (Å²) in [7, 11) is 0. The molecule has 1 rings (SSSR count). The van der Waals surface area contributed by atoms with Crippen LogP contribution >= 0.6 is 11.6 Å². The molecule has 0 fully saturated rings. The first-order valence-corrected chi connectivity index (χ1v) is 5.24. The maximum absolute atomic E-state index is 13.3. The zero-order valence-electron chi connectivity index (χ0n) is 8.72. The third-order valence-electron chi connectivity index (χ3n) is 1.76. The second-order valence-corrected chi connectivity index (χ2v) is 3.12. The van der Waals surface area contributed by atoms with Crippen LogP contribution in [0.2, 0.25) is 0 Å². The third kappa shape index (κ3) is 3.25. The molecule has 1 aromatic rings. The summed E-state index contributed by atoms with van der Waals surface area (Å²) in [5.74, 6) is 4.21. The number of benzene rings is 1. The lowest BCUT2D eigenvalue weighted by Gasteiger charge is -2.03. The van der Waals surface area contributed by atoms with Crippen LogP contribution in [0.1, 0.15) is 22.8 Å². The summed E-state index contributed by atoms with van der Waals surface area (Å²) in [6.45, 7) is 1.86. The van der Waals surface area contributed by atoms with E-state index in [0.717, 1.165) is 0 Å². The molecular formula is C12H10ClFO2. The minimum absolute atomic E-state index is 0.108. The molecular weight excluding hydrogens is 231 g/mol. The van der Waals surface area contributed by atoms with Gasteiger partial charge in [-0.1, -0.05) is 11.8 Å².